The zero-order valence-corrected chi connectivity index (χ0v) is 16.1. The Balaban J connectivity index is 1.57. The molecule has 0 saturated carbocycles. The van der Waals surface area contributed by atoms with Gasteiger partial charge in [0, 0.05) is 30.2 Å². The van der Waals surface area contributed by atoms with E-state index < -0.39 is 0 Å². The summed E-state index contributed by atoms with van der Waals surface area (Å²) in [5.41, 5.74) is 6.75. The molecule has 1 N–H and O–H groups in total. The van der Waals surface area contributed by atoms with Crippen molar-refractivity contribution >= 4 is 10.9 Å². The highest BCUT2D eigenvalue weighted by Gasteiger charge is 2.30. The van der Waals surface area contributed by atoms with Crippen LogP contribution in [0.15, 0.2) is 79.0 Å². The third-order valence-electron chi connectivity index (χ3n) is 5.84. The predicted molar refractivity (Wildman–Crippen MR) is 114 cm³/mol. The van der Waals surface area contributed by atoms with Gasteiger partial charge in [-0.15, -0.1) is 0 Å². The van der Waals surface area contributed by atoms with Gasteiger partial charge in [-0.05, 0) is 46.9 Å². The third kappa shape index (κ3) is 2.98. The summed E-state index contributed by atoms with van der Waals surface area (Å²) in [6.45, 7) is 1.97. The van der Waals surface area contributed by atoms with E-state index in [1.54, 1.807) is 7.11 Å². The van der Waals surface area contributed by atoms with Crippen LogP contribution in [0.3, 0.4) is 0 Å². The van der Waals surface area contributed by atoms with Gasteiger partial charge in [0.05, 0.1) is 13.2 Å². The van der Waals surface area contributed by atoms with Gasteiger partial charge in [0.2, 0.25) is 0 Å². The van der Waals surface area contributed by atoms with Crippen molar-refractivity contribution in [2.75, 3.05) is 13.7 Å². The summed E-state index contributed by atoms with van der Waals surface area (Å²) in [4.78, 5) is 6.07. The maximum Gasteiger partial charge on any atom is 0.118 e. The van der Waals surface area contributed by atoms with Gasteiger partial charge in [-0.2, -0.15) is 0 Å². The molecule has 0 aliphatic carbocycles. The van der Waals surface area contributed by atoms with Crippen molar-refractivity contribution in [2.45, 2.75) is 19.0 Å². The Bertz CT molecular complexity index is 1100. The van der Waals surface area contributed by atoms with Gasteiger partial charge in [-0.25, -0.2) is 0 Å². The van der Waals surface area contributed by atoms with Crippen molar-refractivity contribution in [1.82, 2.24) is 9.88 Å². The second kappa shape index (κ2) is 7.17. The Morgan fingerprint density at radius 2 is 1.71 bits per heavy atom. The molecule has 3 nitrogen and oxygen atoms in total. The number of H-pyrrole nitrogens is 1. The van der Waals surface area contributed by atoms with Gasteiger partial charge in [0.15, 0.2) is 0 Å². The molecule has 4 aromatic rings. The lowest BCUT2D eigenvalue weighted by Crippen LogP contribution is -2.35. The second-order valence-corrected chi connectivity index (χ2v) is 7.46. The monoisotopic (exact) mass is 368 g/mol. The molecule has 3 aromatic carbocycles. The fourth-order valence-corrected chi connectivity index (χ4v) is 4.44. The first-order valence-corrected chi connectivity index (χ1v) is 9.84. The molecular formula is C25H24N2O. The quantitative estimate of drug-likeness (QED) is 0.528. The molecule has 1 aromatic heterocycles. The largest absolute Gasteiger partial charge is 0.497 e. The molecule has 1 aliphatic heterocycles. The van der Waals surface area contributed by atoms with E-state index in [4.69, 9.17) is 4.74 Å². The molecule has 5 rings (SSSR count). The van der Waals surface area contributed by atoms with Crippen LogP contribution < -0.4 is 4.74 Å². The number of aromatic nitrogens is 1. The molecule has 0 spiro atoms. The summed E-state index contributed by atoms with van der Waals surface area (Å²) in [7, 11) is 1.71. The summed E-state index contributed by atoms with van der Waals surface area (Å²) < 4.78 is 5.32. The minimum Gasteiger partial charge on any atom is -0.497 e. The summed E-state index contributed by atoms with van der Waals surface area (Å²) in [6.07, 6.45) is 3.28. The minimum absolute atomic E-state index is 0.253. The van der Waals surface area contributed by atoms with Crippen molar-refractivity contribution in [1.29, 1.82) is 0 Å². The van der Waals surface area contributed by atoms with E-state index in [2.05, 4.69) is 76.7 Å². The first kappa shape index (κ1) is 17.1. The molecule has 0 amide bonds. The number of hydrogen-bond acceptors (Lipinski definition) is 2. The normalized spacial score (nSPS) is 16.8. The number of aromatic amines is 1. The molecule has 0 radical (unpaired) electrons. The van der Waals surface area contributed by atoms with Gasteiger partial charge in [0.25, 0.3) is 0 Å². The van der Waals surface area contributed by atoms with Crippen LogP contribution in [-0.4, -0.2) is 23.5 Å². The lowest BCUT2D eigenvalue weighted by Gasteiger charge is -2.37. The van der Waals surface area contributed by atoms with Crippen molar-refractivity contribution < 1.29 is 4.74 Å². The Kier molecular flexibility index (Phi) is 4.38. The van der Waals surface area contributed by atoms with E-state index in [-0.39, 0.29) is 6.04 Å². The number of methoxy groups -OCH3 is 1. The van der Waals surface area contributed by atoms with Crippen molar-refractivity contribution in [3.8, 4) is 5.75 Å². The SMILES string of the molecule is COc1ccc(CN2CCc3ccccc3C2c2c[nH]c3ccccc23)cc1. The highest BCUT2D eigenvalue weighted by Crippen LogP contribution is 2.39. The predicted octanol–water partition coefficient (Wildman–Crippen LogP) is 5.32. The molecule has 28 heavy (non-hydrogen) atoms. The number of nitrogens with one attached hydrogen (secondary N) is 1. The molecule has 0 fully saturated rings. The molecule has 1 aliphatic rings. The van der Waals surface area contributed by atoms with Crippen LogP contribution in [0.5, 0.6) is 5.75 Å². The van der Waals surface area contributed by atoms with Crippen LogP contribution in [0.4, 0.5) is 0 Å². The van der Waals surface area contributed by atoms with Gasteiger partial charge in [-0.1, -0.05) is 54.6 Å². The topological polar surface area (TPSA) is 28.3 Å². The highest BCUT2D eigenvalue weighted by molar-refractivity contribution is 5.84. The van der Waals surface area contributed by atoms with Crippen molar-refractivity contribution in [2.24, 2.45) is 0 Å². The van der Waals surface area contributed by atoms with E-state index in [0.717, 1.165) is 25.3 Å². The van der Waals surface area contributed by atoms with Crippen LogP contribution in [0.25, 0.3) is 10.9 Å². The number of para-hydroxylation sites is 1. The van der Waals surface area contributed by atoms with Crippen LogP contribution >= 0.6 is 0 Å². The summed E-state index contributed by atoms with van der Waals surface area (Å²) >= 11 is 0. The fourth-order valence-electron chi connectivity index (χ4n) is 4.44. The average Bonchev–Trinajstić information content (AvgIpc) is 3.18. The van der Waals surface area contributed by atoms with Crippen molar-refractivity contribution in [3.05, 3.63) is 101 Å². The van der Waals surface area contributed by atoms with Gasteiger partial charge < -0.3 is 9.72 Å². The third-order valence-corrected chi connectivity index (χ3v) is 5.84. The van der Waals surface area contributed by atoms with Crippen molar-refractivity contribution in [3.63, 3.8) is 0 Å². The summed E-state index contributed by atoms with van der Waals surface area (Å²) in [5, 5.41) is 1.31. The lowest BCUT2D eigenvalue weighted by atomic mass is 9.87. The summed E-state index contributed by atoms with van der Waals surface area (Å²) in [5.74, 6) is 0.904. The van der Waals surface area contributed by atoms with Crippen LogP contribution in [0, 0.1) is 0 Å². The molecule has 2 heterocycles. The maximum absolute atomic E-state index is 5.32. The molecule has 140 valence electrons. The van der Waals surface area contributed by atoms with E-state index in [0.29, 0.717) is 0 Å². The Hall–Kier alpha value is -3.04. The van der Waals surface area contributed by atoms with Crippen LogP contribution in [0.1, 0.15) is 28.3 Å². The number of fused-ring (bicyclic) bond motifs is 2. The highest BCUT2D eigenvalue weighted by atomic mass is 16.5. The smallest absolute Gasteiger partial charge is 0.118 e. The molecule has 1 unspecified atom stereocenters. The summed E-state index contributed by atoms with van der Waals surface area (Å²) in [6, 6.07) is 26.2. The van der Waals surface area contributed by atoms with Crippen LogP contribution in [-0.2, 0) is 13.0 Å². The fraction of sp³-hybridized carbons (Fsp3) is 0.200. The first-order valence-electron chi connectivity index (χ1n) is 9.84. The number of hydrogen-bond donors (Lipinski definition) is 1. The van der Waals surface area contributed by atoms with E-state index in [1.807, 2.05) is 12.1 Å². The van der Waals surface area contributed by atoms with Gasteiger partial charge in [-0.3, -0.25) is 4.90 Å². The first-order chi connectivity index (χ1) is 13.8. The zero-order chi connectivity index (χ0) is 18.9. The Morgan fingerprint density at radius 3 is 2.57 bits per heavy atom. The number of nitrogens with zero attached hydrogens (tertiary/aromatic N) is 1. The van der Waals surface area contributed by atoms with E-state index in [1.165, 1.54) is 33.2 Å². The lowest BCUT2D eigenvalue weighted by molar-refractivity contribution is 0.205. The minimum atomic E-state index is 0.253. The maximum atomic E-state index is 5.32. The number of benzene rings is 3. The number of rotatable bonds is 4. The van der Waals surface area contributed by atoms with E-state index >= 15 is 0 Å². The van der Waals surface area contributed by atoms with Gasteiger partial charge in [0.1, 0.15) is 5.75 Å². The molecular weight excluding hydrogens is 344 g/mol. The zero-order valence-electron chi connectivity index (χ0n) is 16.1. The number of ether oxygens (including phenoxy) is 1. The van der Waals surface area contributed by atoms with E-state index in [9.17, 15) is 0 Å². The second-order valence-electron chi connectivity index (χ2n) is 7.46. The molecule has 0 bridgehead atoms. The Labute approximate surface area is 165 Å². The standard InChI is InChI=1S/C25H24N2O/c1-28-20-12-10-18(11-13-20)17-27-15-14-19-6-2-3-7-21(19)25(27)23-16-26-24-9-5-4-8-22(23)24/h2-13,16,25-26H,14-15,17H2,1H3. The van der Waals surface area contributed by atoms with Crippen LogP contribution in [0.2, 0.25) is 0 Å². The Morgan fingerprint density at radius 1 is 0.929 bits per heavy atom. The molecule has 3 heteroatoms. The average molecular weight is 368 g/mol. The molecule has 0 saturated heterocycles. The molecule has 1 atom stereocenters. The van der Waals surface area contributed by atoms with Gasteiger partial charge >= 0.3 is 0 Å².